The van der Waals surface area contributed by atoms with Crippen LogP contribution in [0, 0.1) is 11.8 Å². The van der Waals surface area contributed by atoms with Crippen LogP contribution in [0.3, 0.4) is 0 Å². The van der Waals surface area contributed by atoms with E-state index in [1.54, 1.807) is 0 Å². The van der Waals surface area contributed by atoms with E-state index in [1.165, 1.54) is 6.42 Å². The number of likely N-dealkylation sites (tertiary alicyclic amines) is 1. The second kappa shape index (κ2) is 6.12. The van der Waals surface area contributed by atoms with Crippen LogP contribution in [0.25, 0.3) is 0 Å². The minimum absolute atomic E-state index is 0.180. The largest absolute Gasteiger partial charge is 0.353 e. The van der Waals surface area contributed by atoms with E-state index in [0.29, 0.717) is 36.6 Å². The molecule has 2 amide bonds. The monoisotopic (exact) mass is 279 g/mol. The number of nitrogens with zero attached hydrogens (tertiary/aromatic N) is 1. The summed E-state index contributed by atoms with van der Waals surface area (Å²) in [6.45, 7) is 3.83. The van der Waals surface area contributed by atoms with Gasteiger partial charge < -0.3 is 15.5 Å². The number of amides is 2. The second-order valence-corrected chi connectivity index (χ2v) is 6.50. The topological polar surface area (TPSA) is 61.4 Å². The first-order valence-corrected chi connectivity index (χ1v) is 8.00. The number of piperidine rings is 2. The van der Waals surface area contributed by atoms with Crippen LogP contribution in [-0.4, -0.2) is 48.9 Å². The van der Waals surface area contributed by atoms with Crippen molar-refractivity contribution in [3.05, 3.63) is 0 Å². The molecule has 0 bridgehead atoms. The lowest BCUT2D eigenvalue weighted by atomic mass is 9.85. The first kappa shape index (κ1) is 13.9. The molecule has 0 radical (unpaired) electrons. The normalized spacial score (nSPS) is 33.7. The Balaban J connectivity index is 1.46. The van der Waals surface area contributed by atoms with Crippen LogP contribution in [0.15, 0.2) is 0 Å². The Hall–Kier alpha value is -1.10. The van der Waals surface area contributed by atoms with Crippen LogP contribution < -0.4 is 10.6 Å². The minimum Gasteiger partial charge on any atom is -0.353 e. The first-order chi connectivity index (χ1) is 9.72. The van der Waals surface area contributed by atoms with Crippen LogP contribution in [0.4, 0.5) is 0 Å². The van der Waals surface area contributed by atoms with Gasteiger partial charge in [0.25, 0.3) is 0 Å². The molecule has 5 nitrogen and oxygen atoms in total. The van der Waals surface area contributed by atoms with E-state index in [9.17, 15) is 9.59 Å². The summed E-state index contributed by atoms with van der Waals surface area (Å²) in [7, 11) is 0. The van der Waals surface area contributed by atoms with Crippen LogP contribution in [-0.2, 0) is 9.59 Å². The lowest BCUT2D eigenvalue weighted by molar-refractivity contribution is -0.135. The third-order valence-corrected chi connectivity index (χ3v) is 5.10. The maximum atomic E-state index is 12.3. The zero-order chi connectivity index (χ0) is 13.9. The molecule has 0 spiro atoms. The van der Waals surface area contributed by atoms with Crippen molar-refractivity contribution < 1.29 is 9.59 Å². The van der Waals surface area contributed by atoms with Crippen molar-refractivity contribution in [1.82, 2.24) is 15.5 Å². The molecule has 0 aromatic carbocycles. The molecular formula is C15H25N3O2. The highest BCUT2D eigenvalue weighted by Gasteiger charge is 2.35. The van der Waals surface area contributed by atoms with E-state index >= 15 is 0 Å². The molecule has 0 aromatic rings. The molecule has 20 heavy (non-hydrogen) atoms. The number of fused-ring (bicyclic) bond motifs is 1. The van der Waals surface area contributed by atoms with Crippen molar-refractivity contribution in [2.45, 2.75) is 44.6 Å². The Morgan fingerprint density at radius 3 is 3.00 bits per heavy atom. The smallest absolute Gasteiger partial charge is 0.222 e. The maximum Gasteiger partial charge on any atom is 0.222 e. The molecule has 2 N–H and O–H groups in total. The van der Waals surface area contributed by atoms with Crippen molar-refractivity contribution in [3.8, 4) is 0 Å². The molecule has 0 saturated carbocycles. The fraction of sp³-hybridized carbons (Fsp3) is 0.867. The predicted molar refractivity (Wildman–Crippen MR) is 76.1 cm³/mol. The minimum atomic E-state index is 0.180. The van der Waals surface area contributed by atoms with Crippen molar-refractivity contribution in [2.24, 2.45) is 11.8 Å². The number of carbonyl (C=O) groups is 2. The highest BCUT2D eigenvalue weighted by molar-refractivity contribution is 5.78. The first-order valence-electron chi connectivity index (χ1n) is 8.00. The van der Waals surface area contributed by atoms with Crippen LogP contribution in [0.1, 0.15) is 38.5 Å². The van der Waals surface area contributed by atoms with Crippen molar-refractivity contribution in [1.29, 1.82) is 0 Å². The van der Waals surface area contributed by atoms with Gasteiger partial charge in [0, 0.05) is 32.0 Å². The SMILES string of the molecule is O=C1CCC2CN(C(=O)CCC3CCNC3)CCC2N1. The molecule has 0 aliphatic carbocycles. The molecule has 3 rings (SSSR count). The fourth-order valence-electron chi connectivity index (χ4n) is 3.78. The van der Waals surface area contributed by atoms with Crippen LogP contribution >= 0.6 is 0 Å². The van der Waals surface area contributed by atoms with Gasteiger partial charge in [-0.25, -0.2) is 0 Å². The molecule has 3 atom stereocenters. The summed E-state index contributed by atoms with van der Waals surface area (Å²) in [4.78, 5) is 25.7. The average Bonchev–Trinajstić information content (AvgIpc) is 2.97. The van der Waals surface area contributed by atoms with Gasteiger partial charge in [0.1, 0.15) is 0 Å². The highest BCUT2D eigenvalue weighted by Crippen LogP contribution is 2.26. The van der Waals surface area contributed by atoms with Gasteiger partial charge in [0.2, 0.25) is 11.8 Å². The molecule has 5 heteroatoms. The van der Waals surface area contributed by atoms with Gasteiger partial charge >= 0.3 is 0 Å². The molecule has 3 fully saturated rings. The standard InChI is InChI=1S/C15H25N3O2/c19-14-3-2-12-10-18(8-6-13(12)17-14)15(20)4-1-11-5-7-16-9-11/h11-13,16H,1-10H2,(H,17,19). The highest BCUT2D eigenvalue weighted by atomic mass is 16.2. The van der Waals surface area contributed by atoms with Crippen molar-refractivity contribution >= 4 is 11.8 Å². The zero-order valence-corrected chi connectivity index (χ0v) is 12.1. The Morgan fingerprint density at radius 1 is 1.30 bits per heavy atom. The third kappa shape index (κ3) is 3.14. The molecule has 3 saturated heterocycles. The Labute approximate surface area is 120 Å². The van der Waals surface area contributed by atoms with Crippen molar-refractivity contribution in [2.75, 3.05) is 26.2 Å². The Morgan fingerprint density at radius 2 is 2.20 bits per heavy atom. The molecule has 0 aromatic heterocycles. The summed E-state index contributed by atoms with van der Waals surface area (Å²) in [6.07, 6.45) is 5.41. The van der Waals surface area contributed by atoms with E-state index in [0.717, 1.165) is 45.4 Å². The van der Waals surface area contributed by atoms with Gasteiger partial charge in [0.05, 0.1) is 0 Å². The van der Waals surface area contributed by atoms with Gasteiger partial charge in [0.15, 0.2) is 0 Å². The van der Waals surface area contributed by atoms with Gasteiger partial charge in [-0.2, -0.15) is 0 Å². The molecule has 3 aliphatic rings. The number of nitrogens with one attached hydrogen (secondary N) is 2. The van der Waals surface area contributed by atoms with E-state index in [-0.39, 0.29) is 5.91 Å². The molecule has 3 unspecified atom stereocenters. The Bertz CT molecular complexity index is 379. The number of rotatable bonds is 3. The summed E-state index contributed by atoms with van der Waals surface area (Å²) < 4.78 is 0. The molecule has 112 valence electrons. The summed E-state index contributed by atoms with van der Waals surface area (Å²) in [5, 5.41) is 6.42. The van der Waals surface area contributed by atoms with E-state index in [2.05, 4.69) is 10.6 Å². The maximum absolute atomic E-state index is 12.3. The summed E-state index contributed by atoms with van der Waals surface area (Å²) in [6, 6.07) is 0.305. The zero-order valence-electron chi connectivity index (χ0n) is 12.1. The molecule has 3 heterocycles. The summed E-state index contributed by atoms with van der Waals surface area (Å²) >= 11 is 0. The number of hydrogen-bond donors (Lipinski definition) is 2. The van der Waals surface area contributed by atoms with Gasteiger partial charge in [-0.3, -0.25) is 9.59 Å². The van der Waals surface area contributed by atoms with E-state index in [4.69, 9.17) is 0 Å². The van der Waals surface area contributed by atoms with E-state index < -0.39 is 0 Å². The van der Waals surface area contributed by atoms with E-state index in [1.807, 2.05) is 4.90 Å². The van der Waals surface area contributed by atoms with Crippen molar-refractivity contribution in [3.63, 3.8) is 0 Å². The average molecular weight is 279 g/mol. The quantitative estimate of drug-likeness (QED) is 0.791. The lowest BCUT2D eigenvalue weighted by Gasteiger charge is -2.41. The van der Waals surface area contributed by atoms with Crippen LogP contribution in [0.2, 0.25) is 0 Å². The predicted octanol–water partition coefficient (Wildman–Crippen LogP) is 0.503. The number of hydrogen-bond acceptors (Lipinski definition) is 3. The second-order valence-electron chi connectivity index (χ2n) is 6.50. The molecular weight excluding hydrogens is 254 g/mol. The molecule has 3 aliphatic heterocycles. The van der Waals surface area contributed by atoms with Gasteiger partial charge in [-0.1, -0.05) is 0 Å². The Kier molecular flexibility index (Phi) is 4.24. The fourth-order valence-corrected chi connectivity index (χ4v) is 3.78. The summed E-state index contributed by atoms with van der Waals surface area (Å²) in [5.74, 6) is 1.65. The number of carbonyl (C=O) groups excluding carboxylic acids is 2. The summed E-state index contributed by atoms with van der Waals surface area (Å²) in [5.41, 5.74) is 0. The lowest BCUT2D eigenvalue weighted by Crippen LogP contribution is -2.55. The third-order valence-electron chi connectivity index (χ3n) is 5.10. The van der Waals surface area contributed by atoms with Gasteiger partial charge in [-0.05, 0) is 50.6 Å². The van der Waals surface area contributed by atoms with Gasteiger partial charge in [-0.15, -0.1) is 0 Å². The van der Waals surface area contributed by atoms with Crippen LogP contribution in [0.5, 0.6) is 0 Å².